The molecule has 0 atom stereocenters. The first-order valence-electron chi connectivity index (χ1n) is 5.64. The molecule has 1 aliphatic carbocycles. The summed E-state index contributed by atoms with van der Waals surface area (Å²) >= 11 is 0. The molecular weight excluding hydrogens is 187 g/mol. The number of hydrogen-bond donors (Lipinski definition) is 0. The van der Waals surface area contributed by atoms with Crippen LogP contribution in [0.25, 0.3) is 5.57 Å². The Labute approximate surface area is 91.8 Å². The van der Waals surface area contributed by atoms with Crippen molar-refractivity contribution in [3.8, 4) is 0 Å². The van der Waals surface area contributed by atoms with E-state index in [4.69, 9.17) is 0 Å². The van der Waals surface area contributed by atoms with E-state index in [1.807, 2.05) is 32.9 Å². The predicted octanol–water partition coefficient (Wildman–Crippen LogP) is 4.58. The van der Waals surface area contributed by atoms with Crippen LogP contribution in [-0.2, 0) is 0 Å². The second-order valence-corrected chi connectivity index (χ2v) is 3.78. The summed E-state index contributed by atoms with van der Waals surface area (Å²) in [5, 5.41) is 0. The molecule has 0 saturated heterocycles. The lowest BCUT2D eigenvalue weighted by molar-refractivity contribution is 0.621. The first kappa shape index (κ1) is 12.0. The maximum Gasteiger partial charge on any atom is 0.130 e. The smallest absolute Gasteiger partial charge is 0.130 e. The summed E-state index contributed by atoms with van der Waals surface area (Å²) in [5.74, 6) is 0.411. The monoisotopic (exact) mass is 206 g/mol. The average Bonchev–Trinajstić information content (AvgIpc) is 3.03. The molecule has 1 fully saturated rings. The summed E-state index contributed by atoms with van der Waals surface area (Å²) < 4.78 is 13.4. The van der Waals surface area contributed by atoms with Crippen LogP contribution in [0.3, 0.4) is 0 Å². The third kappa shape index (κ3) is 2.92. The summed E-state index contributed by atoms with van der Waals surface area (Å²) in [4.78, 5) is 0. The molecule has 1 saturated carbocycles. The Balaban J connectivity index is 0.000000531. The predicted molar refractivity (Wildman–Crippen MR) is 64.2 cm³/mol. The van der Waals surface area contributed by atoms with Crippen LogP contribution in [0.1, 0.15) is 37.8 Å². The molecule has 0 radical (unpaired) electrons. The molecule has 0 unspecified atom stereocenters. The molecule has 0 spiro atoms. The highest BCUT2D eigenvalue weighted by Gasteiger charge is 2.26. The van der Waals surface area contributed by atoms with Crippen molar-refractivity contribution in [2.75, 3.05) is 0 Å². The largest absolute Gasteiger partial charge is 0.206 e. The highest BCUT2D eigenvalue weighted by molar-refractivity contribution is 5.67. The first-order chi connectivity index (χ1) is 7.18. The number of rotatable bonds is 2. The van der Waals surface area contributed by atoms with Crippen LogP contribution >= 0.6 is 0 Å². The van der Waals surface area contributed by atoms with E-state index < -0.39 is 0 Å². The lowest BCUT2D eigenvalue weighted by Gasteiger charge is -2.05. The number of hydrogen-bond acceptors (Lipinski definition) is 0. The lowest BCUT2D eigenvalue weighted by Crippen LogP contribution is -1.90. The van der Waals surface area contributed by atoms with Gasteiger partial charge in [0.15, 0.2) is 0 Å². The van der Waals surface area contributed by atoms with E-state index >= 15 is 0 Å². The molecule has 1 aromatic rings. The van der Waals surface area contributed by atoms with Gasteiger partial charge < -0.3 is 0 Å². The standard InChI is InChI=1S/C12H13F.C2H6/c1-8-3-6-11(12(13)7-8)9(2)10-4-5-10;1-2/h3,6-7,10H,2,4-5H2,1H3;1-2H3. The maximum absolute atomic E-state index is 13.4. The molecule has 1 aromatic carbocycles. The number of allylic oxidation sites excluding steroid dienone is 1. The Morgan fingerprint density at radius 2 is 1.93 bits per heavy atom. The second kappa shape index (κ2) is 5.11. The molecule has 0 heterocycles. The van der Waals surface area contributed by atoms with Gasteiger partial charge in [-0.3, -0.25) is 0 Å². The summed E-state index contributed by atoms with van der Waals surface area (Å²) in [6.07, 6.45) is 2.35. The van der Waals surface area contributed by atoms with Gasteiger partial charge in [-0.25, -0.2) is 4.39 Å². The van der Waals surface area contributed by atoms with E-state index in [0.717, 1.165) is 11.1 Å². The van der Waals surface area contributed by atoms with Crippen molar-refractivity contribution >= 4 is 5.57 Å². The molecule has 0 aliphatic heterocycles. The molecule has 0 bridgehead atoms. The molecule has 15 heavy (non-hydrogen) atoms. The van der Waals surface area contributed by atoms with Crippen LogP contribution in [-0.4, -0.2) is 0 Å². The van der Waals surface area contributed by atoms with Crippen molar-refractivity contribution in [2.24, 2.45) is 5.92 Å². The van der Waals surface area contributed by atoms with Crippen LogP contribution in [0, 0.1) is 18.7 Å². The molecule has 0 aromatic heterocycles. The van der Waals surface area contributed by atoms with Gasteiger partial charge in [0, 0.05) is 5.56 Å². The van der Waals surface area contributed by atoms with E-state index in [-0.39, 0.29) is 5.82 Å². The molecule has 1 aliphatic rings. The summed E-state index contributed by atoms with van der Waals surface area (Å²) in [7, 11) is 0. The molecule has 0 amide bonds. The zero-order valence-electron chi connectivity index (χ0n) is 9.81. The molecule has 1 heteroatoms. The number of halogens is 1. The fourth-order valence-corrected chi connectivity index (χ4v) is 1.53. The van der Waals surface area contributed by atoms with Crippen molar-refractivity contribution in [3.05, 3.63) is 41.7 Å². The van der Waals surface area contributed by atoms with Crippen LogP contribution in [0.5, 0.6) is 0 Å². The van der Waals surface area contributed by atoms with Gasteiger partial charge in [0.2, 0.25) is 0 Å². The molecule has 2 rings (SSSR count). The zero-order valence-corrected chi connectivity index (χ0v) is 9.81. The van der Waals surface area contributed by atoms with Crippen molar-refractivity contribution in [2.45, 2.75) is 33.6 Å². The van der Waals surface area contributed by atoms with Gasteiger partial charge in [-0.15, -0.1) is 0 Å². The Morgan fingerprint density at radius 3 is 2.40 bits per heavy atom. The van der Waals surface area contributed by atoms with Gasteiger partial charge in [-0.05, 0) is 42.9 Å². The van der Waals surface area contributed by atoms with Crippen LogP contribution in [0.15, 0.2) is 24.8 Å². The van der Waals surface area contributed by atoms with Gasteiger partial charge in [-0.1, -0.05) is 32.6 Å². The summed E-state index contributed by atoms with van der Waals surface area (Å²) in [5.41, 5.74) is 2.63. The summed E-state index contributed by atoms with van der Waals surface area (Å²) in [6.45, 7) is 9.83. The van der Waals surface area contributed by atoms with E-state index in [1.165, 1.54) is 12.8 Å². The van der Waals surface area contributed by atoms with E-state index in [0.29, 0.717) is 11.5 Å². The maximum atomic E-state index is 13.4. The second-order valence-electron chi connectivity index (χ2n) is 3.78. The molecule has 82 valence electrons. The Morgan fingerprint density at radius 1 is 1.33 bits per heavy atom. The van der Waals surface area contributed by atoms with E-state index in [9.17, 15) is 4.39 Å². The molecular formula is C14H19F. The minimum atomic E-state index is -0.128. The van der Waals surface area contributed by atoms with Crippen molar-refractivity contribution in [1.82, 2.24) is 0 Å². The van der Waals surface area contributed by atoms with Crippen molar-refractivity contribution in [3.63, 3.8) is 0 Å². The third-order valence-electron chi connectivity index (χ3n) is 2.54. The highest BCUT2D eigenvalue weighted by atomic mass is 19.1. The highest BCUT2D eigenvalue weighted by Crippen LogP contribution is 2.41. The minimum Gasteiger partial charge on any atom is -0.206 e. The molecule has 0 nitrogen and oxygen atoms in total. The quantitative estimate of drug-likeness (QED) is 0.664. The van der Waals surface area contributed by atoms with Gasteiger partial charge in [-0.2, -0.15) is 0 Å². The normalized spacial score (nSPS) is 14.1. The molecule has 0 N–H and O–H groups in total. The van der Waals surface area contributed by atoms with E-state index in [2.05, 4.69) is 6.58 Å². The zero-order chi connectivity index (χ0) is 11.4. The number of aryl methyl sites for hydroxylation is 1. The van der Waals surface area contributed by atoms with Crippen LogP contribution in [0.2, 0.25) is 0 Å². The summed E-state index contributed by atoms with van der Waals surface area (Å²) in [6, 6.07) is 5.35. The van der Waals surface area contributed by atoms with Gasteiger partial charge in [0.25, 0.3) is 0 Å². The number of benzene rings is 1. The first-order valence-corrected chi connectivity index (χ1v) is 5.64. The minimum absolute atomic E-state index is 0.128. The topological polar surface area (TPSA) is 0 Å². The van der Waals surface area contributed by atoms with Gasteiger partial charge in [0.05, 0.1) is 0 Å². The lowest BCUT2D eigenvalue weighted by atomic mass is 10.0. The Kier molecular flexibility index (Phi) is 4.07. The van der Waals surface area contributed by atoms with E-state index in [1.54, 1.807) is 6.07 Å². The van der Waals surface area contributed by atoms with Crippen LogP contribution < -0.4 is 0 Å². The van der Waals surface area contributed by atoms with Crippen molar-refractivity contribution in [1.29, 1.82) is 0 Å². The Bertz CT molecular complexity index is 348. The SMILES string of the molecule is C=C(c1ccc(C)cc1F)C1CC1.CC. The average molecular weight is 206 g/mol. The fourth-order valence-electron chi connectivity index (χ4n) is 1.53. The Hall–Kier alpha value is -1.11. The van der Waals surface area contributed by atoms with Crippen molar-refractivity contribution < 1.29 is 4.39 Å². The van der Waals surface area contributed by atoms with Gasteiger partial charge >= 0.3 is 0 Å². The fraction of sp³-hybridized carbons (Fsp3) is 0.429. The third-order valence-corrected chi connectivity index (χ3v) is 2.54. The van der Waals surface area contributed by atoms with Crippen LogP contribution in [0.4, 0.5) is 4.39 Å². The van der Waals surface area contributed by atoms with Gasteiger partial charge in [0.1, 0.15) is 5.82 Å².